The zero-order valence-electron chi connectivity index (χ0n) is 25.1. The molecule has 214 valence electrons. The van der Waals surface area contributed by atoms with Gasteiger partial charge in [-0.3, -0.25) is 0 Å². The first-order valence-electron chi connectivity index (χ1n) is 17.0. The smallest absolute Gasteiger partial charge is 0.126 e. The van der Waals surface area contributed by atoms with E-state index in [0.717, 1.165) is 36.2 Å². The Hall–Kier alpha value is -1.63. The van der Waals surface area contributed by atoms with Crippen LogP contribution in [-0.2, 0) is 0 Å². The van der Waals surface area contributed by atoms with Gasteiger partial charge in [0.25, 0.3) is 0 Å². The van der Waals surface area contributed by atoms with Crippen molar-refractivity contribution in [1.82, 2.24) is 0 Å². The summed E-state index contributed by atoms with van der Waals surface area (Å²) >= 11 is 0. The Kier molecular flexibility index (Phi) is 10.6. The number of hydrogen-bond acceptors (Lipinski definition) is 0. The van der Waals surface area contributed by atoms with Gasteiger partial charge in [-0.2, -0.15) is 0 Å². The molecule has 3 fully saturated rings. The molecule has 2 aromatic carbocycles. The third-order valence-corrected chi connectivity index (χ3v) is 11.3. The summed E-state index contributed by atoms with van der Waals surface area (Å²) in [4.78, 5) is 0. The molecule has 0 atom stereocenters. The molecule has 0 radical (unpaired) electrons. The lowest BCUT2D eigenvalue weighted by molar-refractivity contribution is 0.301. The van der Waals surface area contributed by atoms with Crippen LogP contribution in [0.4, 0.5) is 4.39 Å². The van der Waals surface area contributed by atoms with Crippen LogP contribution in [0.25, 0.3) is 0 Å². The maximum absolute atomic E-state index is 15.4. The van der Waals surface area contributed by atoms with E-state index >= 15 is 4.39 Å². The van der Waals surface area contributed by atoms with Gasteiger partial charge in [-0.1, -0.05) is 88.8 Å². The molecule has 2 aromatic rings. The predicted octanol–water partition coefficient (Wildman–Crippen LogP) is 12.2. The van der Waals surface area contributed by atoms with Crippen LogP contribution in [0, 0.1) is 17.7 Å². The molecule has 3 aliphatic carbocycles. The lowest BCUT2D eigenvalue weighted by Crippen LogP contribution is -2.15. The fraction of sp³-hybridized carbons (Fsp3) is 0.684. The summed E-state index contributed by atoms with van der Waals surface area (Å²) < 4.78 is 15.4. The van der Waals surface area contributed by atoms with E-state index in [4.69, 9.17) is 0 Å². The second kappa shape index (κ2) is 14.3. The van der Waals surface area contributed by atoms with E-state index in [0.29, 0.717) is 17.8 Å². The Balaban J connectivity index is 1.09. The third-order valence-electron chi connectivity index (χ3n) is 11.3. The monoisotopic (exact) mass is 530 g/mol. The van der Waals surface area contributed by atoms with Gasteiger partial charge < -0.3 is 0 Å². The molecular weight excluding hydrogens is 475 g/mol. The molecule has 0 aromatic heterocycles. The molecule has 5 rings (SSSR count). The SMILES string of the molecule is CCCCCCC1CCC(c2ccc(C3CCC(c4ccc(C5CCC(CC)CC5)cc4)CC3)c(F)c2)CC1. The summed E-state index contributed by atoms with van der Waals surface area (Å²) in [5.74, 6) is 4.32. The van der Waals surface area contributed by atoms with Crippen molar-refractivity contribution in [1.29, 1.82) is 0 Å². The predicted molar refractivity (Wildman–Crippen MR) is 165 cm³/mol. The maximum atomic E-state index is 15.4. The van der Waals surface area contributed by atoms with E-state index in [2.05, 4.69) is 50.2 Å². The first-order chi connectivity index (χ1) is 19.1. The van der Waals surface area contributed by atoms with Gasteiger partial charge in [0.2, 0.25) is 0 Å². The number of hydrogen-bond donors (Lipinski definition) is 0. The molecule has 0 spiro atoms. The summed E-state index contributed by atoms with van der Waals surface area (Å²) in [6, 6.07) is 16.1. The molecular formula is C38H55F. The Labute approximate surface area is 239 Å². The van der Waals surface area contributed by atoms with Gasteiger partial charge in [-0.15, -0.1) is 0 Å². The quantitative estimate of drug-likeness (QED) is 0.268. The minimum atomic E-state index is 0.0692. The molecule has 0 nitrogen and oxygen atoms in total. The first-order valence-corrected chi connectivity index (χ1v) is 17.0. The van der Waals surface area contributed by atoms with E-state index in [1.54, 1.807) is 5.56 Å². The molecule has 0 aliphatic heterocycles. The standard InChI is InChI=1S/C38H55F/c1-3-5-6-7-8-29-11-15-34(16-12-29)36-25-26-37(38(39)27-36)35-23-21-33(22-24-35)32-19-17-31(18-20-32)30-13-9-28(4-2)10-14-30/h17-20,25-30,33-35H,3-16,21-24H2,1-2H3. The minimum Gasteiger partial charge on any atom is -0.207 e. The average Bonchev–Trinajstić information content (AvgIpc) is 3.00. The van der Waals surface area contributed by atoms with E-state index in [1.807, 2.05) is 6.07 Å². The zero-order valence-corrected chi connectivity index (χ0v) is 25.1. The molecule has 39 heavy (non-hydrogen) atoms. The summed E-state index contributed by atoms with van der Waals surface area (Å²) in [7, 11) is 0. The Bertz CT molecular complexity index is 982. The number of rotatable bonds is 10. The second-order valence-electron chi connectivity index (χ2n) is 13.7. The second-order valence-corrected chi connectivity index (χ2v) is 13.7. The molecule has 0 amide bonds. The zero-order chi connectivity index (χ0) is 27.0. The van der Waals surface area contributed by atoms with Crippen molar-refractivity contribution >= 4 is 0 Å². The molecule has 3 saturated carbocycles. The van der Waals surface area contributed by atoms with Crippen LogP contribution in [0.2, 0.25) is 0 Å². The highest BCUT2D eigenvalue weighted by Gasteiger charge is 2.28. The Morgan fingerprint density at radius 2 is 1.03 bits per heavy atom. The lowest BCUT2D eigenvalue weighted by Gasteiger charge is -2.31. The normalized spacial score (nSPS) is 29.8. The summed E-state index contributed by atoms with van der Waals surface area (Å²) in [5, 5.41) is 0. The van der Waals surface area contributed by atoms with Crippen LogP contribution < -0.4 is 0 Å². The van der Waals surface area contributed by atoms with Crippen molar-refractivity contribution in [3.05, 3.63) is 70.5 Å². The van der Waals surface area contributed by atoms with Crippen molar-refractivity contribution < 1.29 is 4.39 Å². The van der Waals surface area contributed by atoms with E-state index in [1.165, 1.54) is 114 Å². The van der Waals surface area contributed by atoms with Crippen LogP contribution in [0.15, 0.2) is 42.5 Å². The fourth-order valence-corrected chi connectivity index (χ4v) is 8.45. The van der Waals surface area contributed by atoms with Crippen molar-refractivity contribution in [2.24, 2.45) is 11.8 Å². The highest BCUT2D eigenvalue weighted by atomic mass is 19.1. The number of unbranched alkanes of at least 4 members (excludes halogenated alkanes) is 3. The van der Waals surface area contributed by atoms with Crippen LogP contribution in [0.3, 0.4) is 0 Å². The highest BCUT2D eigenvalue weighted by Crippen LogP contribution is 2.44. The molecule has 3 aliphatic rings. The van der Waals surface area contributed by atoms with Crippen molar-refractivity contribution in [3.63, 3.8) is 0 Å². The van der Waals surface area contributed by atoms with Crippen LogP contribution in [-0.4, -0.2) is 0 Å². The molecule has 0 bridgehead atoms. The molecule has 0 heterocycles. The molecule has 0 unspecified atom stereocenters. The van der Waals surface area contributed by atoms with E-state index in [-0.39, 0.29) is 5.82 Å². The highest BCUT2D eigenvalue weighted by molar-refractivity contribution is 5.32. The largest absolute Gasteiger partial charge is 0.207 e. The van der Waals surface area contributed by atoms with Gasteiger partial charge in [-0.05, 0) is 141 Å². The molecule has 0 N–H and O–H groups in total. The van der Waals surface area contributed by atoms with Crippen molar-refractivity contribution in [3.8, 4) is 0 Å². The van der Waals surface area contributed by atoms with Gasteiger partial charge in [0.15, 0.2) is 0 Å². The first kappa shape index (κ1) is 28.9. The average molecular weight is 531 g/mol. The molecule has 1 heteroatoms. The topological polar surface area (TPSA) is 0 Å². The lowest BCUT2D eigenvalue weighted by atomic mass is 9.74. The van der Waals surface area contributed by atoms with Crippen molar-refractivity contribution in [2.75, 3.05) is 0 Å². The maximum Gasteiger partial charge on any atom is 0.126 e. The van der Waals surface area contributed by atoms with Gasteiger partial charge in [0.1, 0.15) is 5.82 Å². The van der Waals surface area contributed by atoms with Gasteiger partial charge >= 0.3 is 0 Å². The third kappa shape index (κ3) is 7.56. The summed E-state index contributed by atoms with van der Waals surface area (Å²) in [5.41, 5.74) is 5.32. The summed E-state index contributed by atoms with van der Waals surface area (Å²) in [6.45, 7) is 4.64. The van der Waals surface area contributed by atoms with Crippen LogP contribution in [0.1, 0.15) is 175 Å². The van der Waals surface area contributed by atoms with Crippen LogP contribution >= 0.6 is 0 Å². The van der Waals surface area contributed by atoms with E-state index in [9.17, 15) is 0 Å². The fourth-order valence-electron chi connectivity index (χ4n) is 8.45. The van der Waals surface area contributed by atoms with Crippen molar-refractivity contribution in [2.45, 2.75) is 153 Å². The Morgan fingerprint density at radius 3 is 1.56 bits per heavy atom. The van der Waals surface area contributed by atoms with Crippen LogP contribution in [0.5, 0.6) is 0 Å². The Morgan fingerprint density at radius 1 is 0.538 bits per heavy atom. The van der Waals surface area contributed by atoms with Gasteiger partial charge in [0, 0.05) is 0 Å². The van der Waals surface area contributed by atoms with E-state index < -0.39 is 0 Å². The van der Waals surface area contributed by atoms with Gasteiger partial charge in [0.05, 0.1) is 0 Å². The number of benzene rings is 2. The number of halogens is 1. The van der Waals surface area contributed by atoms with Gasteiger partial charge in [-0.25, -0.2) is 4.39 Å². The molecule has 0 saturated heterocycles. The summed E-state index contributed by atoms with van der Waals surface area (Å²) in [6.07, 6.45) is 23.6. The minimum absolute atomic E-state index is 0.0692.